The number of benzene rings is 4. The van der Waals surface area contributed by atoms with Crippen LogP contribution in [0.25, 0.3) is 11.3 Å². The van der Waals surface area contributed by atoms with Crippen LogP contribution in [0.4, 0.5) is 16.5 Å². The van der Waals surface area contributed by atoms with Crippen LogP contribution in [0.2, 0.25) is 0 Å². The maximum atomic E-state index is 13.5. The second-order valence-electron chi connectivity index (χ2n) is 8.27. The van der Waals surface area contributed by atoms with Gasteiger partial charge < -0.3 is 16.0 Å². The van der Waals surface area contributed by atoms with Gasteiger partial charge in [-0.05, 0) is 48.1 Å². The third kappa shape index (κ3) is 6.86. The molecule has 0 aliphatic rings. The first-order chi connectivity index (χ1) is 18.6. The molecular formula is C30H24N4OS3. The fraction of sp³-hybridized carbons (Fsp3) is 0.0333. The highest BCUT2D eigenvalue weighted by Crippen LogP contribution is 2.37. The molecule has 1 atom stereocenters. The largest absolute Gasteiger partial charge is 0.332 e. The summed E-state index contributed by atoms with van der Waals surface area (Å²) < 4.78 is 0. The van der Waals surface area contributed by atoms with Crippen molar-refractivity contribution in [1.29, 1.82) is 0 Å². The minimum atomic E-state index is -0.468. The van der Waals surface area contributed by atoms with Crippen LogP contribution in [-0.2, 0) is 4.79 Å². The van der Waals surface area contributed by atoms with Crippen LogP contribution in [0.15, 0.2) is 126 Å². The van der Waals surface area contributed by atoms with Gasteiger partial charge in [0.15, 0.2) is 10.2 Å². The Bertz CT molecular complexity index is 1510. The van der Waals surface area contributed by atoms with Crippen molar-refractivity contribution in [2.24, 2.45) is 0 Å². The number of para-hydroxylation sites is 1. The Hall–Kier alpha value is -3.98. The Morgan fingerprint density at radius 3 is 2.13 bits per heavy atom. The lowest BCUT2D eigenvalue weighted by atomic mass is 10.1. The summed E-state index contributed by atoms with van der Waals surface area (Å²) in [7, 11) is 0. The van der Waals surface area contributed by atoms with E-state index in [0.29, 0.717) is 10.2 Å². The molecule has 1 amide bonds. The summed E-state index contributed by atoms with van der Waals surface area (Å²) in [5.41, 5.74) is 4.52. The van der Waals surface area contributed by atoms with E-state index in [4.69, 9.17) is 12.2 Å². The van der Waals surface area contributed by atoms with E-state index in [0.717, 1.165) is 33.1 Å². The van der Waals surface area contributed by atoms with Gasteiger partial charge in [0, 0.05) is 27.2 Å². The number of nitrogens with zero attached hydrogens (tertiary/aromatic N) is 1. The molecule has 5 rings (SSSR count). The van der Waals surface area contributed by atoms with Gasteiger partial charge in [-0.3, -0.25) is 4.79 Å². The third-order valence-corrected chi connectivity index (χ3v) is 7.73. The van der Waals surface area contributed by atoms with Crippen molar-refractivity contribution in [3.05, 3.63) is 126 Å². The van der Waals surface area contributed by atoms with Gasteiger partial charge in [0.25, 0.3) is 0 Å². The van der Waals surface area contributed by atoms with Crippen LogP contribution >= 0.6 is 35.3 Å². The van der Waals surface area contributed by atoms with Crippen LogP contribution < -0.4 is 16.0 Å². The van der Waals surface area contributed by atoms with E-state index in [1.54, 1.807) is 0 Å². The molecule has 0 radical (unpaired) electrons. The van der Waals surface area contributed by atoms with Gasteiger partial charge in [-0.15, -0.1) is 23.1 Å². The molecular weight excluding hydrogens is 529 g/mol. The number of thioether (sulfide) groups is 1. The number of hydrogen-bond donors (Lipinski definition) is 3. The van der Waals surface area contributed by atoms with Gasteiger partial charge in [0.2, 0.25) is 5.91 Å². The summed E-state index contributed by atoms with van der Waals surface area (Å²) in [5, 5.41) is 12.0. The molecule has 0 saturated heterocycles. The van der Waals surface area contributed by atoms with Gasteiger partial charge in [0.1, 0.15) is 5.25 Å². The summed E-state index contributed by atoms with van der Waals surface area (Å²) >= 11 is 8.38. The van der Waals surface area contributed by atoms with Crippen molar-refractivity contribution in [2.75, 3.05) is 16.0 Å². The topological polar surface area (TPSA) is 66.0 Å². The van der Waals surface area contributed by atoms with Crippen molar-refractivity contribution in [3.63, 3.8) is 0 Å². The Kier molecular flexibility index (Phi) is 8.45. The van der Waals surface area contributed by atoms with Gasteiger partial charge in [-0.25, -0.2) is 4.98 Å². The average Bonchev–Trinajstić information content (AvgIpc) is 3.42. The Morgan fingerprint density at radius 2 is 1.39 bits per heavy atom. The van der Waals surface area contributed by atoms with Crippen molar-refractivity contribution >= 4 is 62.8 Å². The van der Waals surface area contributed by atoms with Gasteiger partial charge in [0.05, 0.1) is 5.69 Å². The van der Waals surface area contributed by atoms with E-state index in [1.165, 1.54) is 23.1 Å². The van der Waals surface area contributed by atoms with E-state index < -0.39 is 5.25 Å². The van der Waals surface area contributed by atoms with Crippen LogP contribution in [0.3, 0.4) is 0 Å². The number of hydrogen-bond acceptors (Lipinski definition) is 5. The number of thiocarbonyl (C=S) groups is 1. The standard InChI is InChI=1S/C30H24N4OS3/c35-28(34-30-33-26(20-37-30)21-11-4-1-5-12-21)27(22-13-6-2-7-14-22)38-25-18-10-17-24(19-25)32-29(36)31-23-15-8-3-9-16-23/h1-20,27H,(H2,31,32,36)(H,33,34,35). The molecule has 0 aliphatic carbocycles. The Labute approximate surface area is 235 Å². The number of amides is 1. The molecule has 0 saturated carbocycles. The molecule has 3 N–H and O–H groups in total. The summed E-state index contributed by atoms with van der Waals surface area (Å²) in [4.78, 5) is 19.1. The van der Waals surface area contributed by atoms with Crippen LogP contribution in [0, 0.1) is 0 Å². The van der Waals surface area contributed by atoms with Gasteiger partial charge in [-0.1, -0.05) is 84.9 Å². The fourth-order valence-electron chi connectivity index (χ4n) is 3.74. The molecule has 4 aromatic carbocycles. The van der Waals surface area contributed by atoms with Crippen molar-refractivity contribution in [3.8, 4) is 11.3 Å². The molecule has 0 bridgehead atoms. The van der Waals surface area contributed by atoms with Crippen LogP contribution in [-0.4, -0.2) is 16.0 Å². The van der Waals surface area contributed by atoms with E-state index in [1.807, 2.05) is 121 Å². The number of aromatic nitrogens is 1. The maximum absolute atomic E-state index is 13.5. The summed E-state index contributed by atoms with van der Waals surface area (Å²) in [6.45, 7) is 0. The maximum Gasteiger partial charge on any atom is 0.244 e. The van der Waals surface area contributed by atoms with Crippen molar-refractivity contribution < 1.29 is 4.79 Å². The molecule has 0 aliphatic heterocycles. The zero-order valence-electron chi connectivity index (χ0n) is 20.2. The highest BCUT2D eigenvalue weighted by atomic mass is 32.2. The van der Waals surface area contributed by atoms with E-state index >= 15 is 0 Å². The normalized spacial score (nSPS) is 11.4. The molecule has 1 unspecified atom stereocenters. The quantitative estimate of drug-likeness (QED) is 0.134. The predicted molar refractivity (Wildman–Crippen MR) is 164 cm³/mol. The van der Waals surface area contributed by atoms with Gasteiger partial charge in [-0.2, -0.15) is 0 Å². The lowest BCUT2D eigenvalue weighted by Gasteiger charge is -2.17. The van der Waals surface area contributed by atoms with Gasteiger partial charge >= 0.3 is 0 Å². The van der Waals surface area contributed by atoms with E-state index in [2.05, 4.69) is 20.9 Å². The minimum absolute atomic E-state index is 0.130. The van der Waals surface area contributed by atoms with E-state index in [-0.39, 0.29) is 5.91 Å². The smallest absolute Gasteiger partial charge is 0.244 e. The summed E-state index contributed by atoms with van der Waals surface area (Å²) in [6, 6.07) is 37.3. The van der Waals surface area contributed by atoms with Crippen molar-refractivity contribution in [2.45, 2.75) is 10.1 Å². The van der Waals surface area contributed by atoms with E-state index in [9.17, 15) is 4.79 Å². The molecule has 5 nitrogen and oxygen atoms in total. The monoisotopic (exact) mass is 552 g/mol. The molecule has 8 heteroatoms. The first-order valence-electron chi connectivity index (χ1n) is 11.9. The number of carbonyl (C=O) groups is 1. The van der Waals surface area contributed by atoms with Crippen LogP contribution in [0.5, 0.6) is 0 Å². The predicted octanol–water partition coefficient (Wildman–Crippen LogP) is 8.09. The summed E-state index contributed by atoms with van der Waals surface area (Å²) in [6.07, 6.45) is 0. The Morgan fingerprint density at radius 1 is 0.763 bits per heavy atom. The zero-order chi connectivity index (χ0) is 26.2. The molecule has 5 aromatic rings. The second kappa shape index (κ2) is 12.5. The lowest BCUT2D eigenvalue weighted by molar-refractivity contribution is -0.115. The first-order valence-corrected chi connectivity index (χ1v) is 14.1. The number of rotatable bonds is 8. The lowest BCUT2D eigenvalue weighted by Crippen LogP contribution is -2.19. The molecule has 188 valence electrons. The molecule has 38 heavy (non-hydrogen) atoms. The molecule has 0 fully saturated rings. The van der Waals surface area contributed by atoms with Crippen molar-refractivity contribution in [1.82, 2.24) is 4.98 Å². The molecule has 1 aromatic heterocycles. The number of thiazole rings is 1. The summed E-state index contributed by atoms with van der Waals surface area (Å²) in [5.74, 6) is -0.130. The minimum Gasteiger partial charge on any atom is -0.332 e. The fourth-order valence-corrected chi connectivity index (χ4v) is 5.78. The molecule has 1 heterocycles. The number of anilines is 3. The number of carbonyl (C=O) groups excluding carboxylic acids is 1. The highest BCUT2D eigenvalue weighted by Gasteiger charge is 2.23. The SMILES string of the molecule is O=C(Nc1nc(-c2ccccc2)cs1)C(Sc1cccc(NC(=S)Nc2ccccc2)c1)c1ccccc1. The average molecular weight is 553 g/mol. The second-order valence-corrected chi connectivity index (χ2v) is 10.7. The zero-order valence-corrected chi connectivity index (χ0v) is 22.7. The highest BCUT2D eigenvalue weighted by molar-refractivity contribution is 8.00. The first kappa shape index (κ1) is 25.7. The number of nitrogens with one attached hydrogen (secondary N) is 3. The third-order valence-electron chi connectivity index (χ3n) is 5.52. The molecule has 0 spiro atoms. The van der Waals surface area contributed by atoms with Crippen LogP contribution in [0.1, 0.15) is 10.8 Å². The Balaban J connectivity index is 1.30.